The highest BCUT2D eigenvalue weighted by Gasteiger charge is 2.62. The second-order valence-electron chi connectivity index (χ2n) is 12.6. The number of benzene rings is 2. The van der Waals surface area contributed by atoms with Crippen molar-refractivity contribution < 1.29 is 27.4 Å². The minimum Gasteiger partial charge on any atom is -0.395 e. The van der Waals surface area contributed by atoms with E-state index in [1.807, 2.05) is 4.90 Å². The molecule has 11 heteroatoms. The Morgan fingerprint density at radius 1 is 0.976 bits per heavy atom. The van der Waals surface area contributed by atoms with Crippen LogP contribution < -0.4 is 0 Å². The maximum absolute atomic E-state index is 14.4. The largest absolute Gasteiger partial charge is 0.395 e. The molecule has 2 N–H and O–H groups in total. The van der Waals surface area contributed by atoms with E-state index in [0.29, 0.717) is 43.7 Å². The normalized spacial score (nSPS) is 29.9. The molecule has 0 spiro atoms. The number of nitrogens with zero attached hydrogens (tertiary/aromatic N) is 3. The average Bonchev–Trinajstić information content (AvgIpc) is 3.68. The molecule has 0 bridgehead atoms. The van der Waals surface area contributed by atoms with Crippen molar-refractivity contribution in [3.05, 3.63) is 64.7 Å². The zero-order valence-electron chi connectivity index (χ0n) is 23.7. The molecular weight excluding hydrogens is 584 g/mol. The van der Waals surface area contributed by atoms with Crippen LogP contribution in [0, 0.1) is 17.0 Å². The molecule has 1 unspecified atom stereocenters. The third-order valence-corrected chi connectivity index (χ3v) is 12.3. The first-order chi connectivity index (χ1) is 20.1. The number of hydrogen-bond acceptors (Lipinski definition) is 6. The van der Waals surface area contributed by atoms with E-state index in [9.17, 15) is 27.4 Å². The molecule has 4 fully saturated rings. The van der Waals surface area contributed by atoms with Crippen molar-refractivity contribution in [2.24, 2.45) is 5.41 Å². The van der Waals surface area contributed by atoms with Gasteiger partial charge in [0.15, 0.2) is 0 Å². The van der Waals surface area contributed by atoms with Gasteiger partial charge in [-0.2, -0.15) is 4.31 Å². The minimum atomic E-state index is -4.16. The van der Waals surface area contributed by atoms with Gasteiger partial charge in [-0.15, -0.1) is 0 Å². The number of sulfonamides is 1. The molecule has 42 heavy (non-hydrogen) atoms. The third kappa shape index (κ3) is 5.64. The van der Waals surface area contributed by atoms with Crippen molar-refractivity contribution >= 4 is 21.6 Å². The van der Waals surface area contributed by atoms with Crippen molar-refractivity contribution in [1.82, 2.24) is 14.1 Å². The maximum Gasteiger partial charge on any atom is 0.243 e. The SMILES string of the molecule is O=S(=O)(c1ccc(Cl)cc1)N1[C@H](c2cc(F)cc(F)c2)CCC[C@@H]1C1(C(O)N2C[C@@H](N3CCCCC3)C[C@@H]2CO)CC1. The van der Waals surface area contributed by atoms with Gasteiger partial charge in [-0.25, -0.2) is 17.2 Å². The van der Waals surface area contributed by atoms with Crippen molar-refractivity contribution in [3.63, 3.8) is 0 Å². The van der Waals surface area contributed by atoms with E-state index in [1.165, 1.54) is 47.1 Å². The quantitative estimate of drug-likeness (QED) is 0.434. The van der Waals surface area contributed by atoms with E-state index in [4.69, 9.17) is 11.6 Å². The zero-order valence-corrected chi connectivity index (χ0v) is 25.3. The molecule has 230 valence electrons. The van der Waals surface area contributed by atoms with Gasteiger partial charge in [0.1, 0.15) is 17.9 Å². The molecule has 6 rings (SSSR count). The Labute approximate surface area is 252 Å². The number of hydrogen-bond donors (Lipinski definition) is 2. The molecule has 3 saturated heterocycles. The van der Waals surface area contributed by atoms with Gasteiger partial charge in [-0.05, 0) is 106 Å². The molecule has 5 atom stereocenters. The molecule has 1 saturated carbocycles. The Balaban J connectivity index is 1.36. The smallest absolute Gasteiger partial charge is 0.243 e. The fourth-order valence-corrected chi connectivity index (χ4v) is 9.91. The van der Waals surface area contributed by atoms with Gasteiger partial charge in [0, 0.05) is 41.2 Å². The Bertz CT molecular complexity index is 1350. The number of aliphatic hydroxyl groups excluding tert-OH is 2. The van der Waals surface area contributed by atoms with Crippen molar-refractivity contribution in [3.8, 4) is 0 Å². The van der Waals surface area contributed by atoms with Crippen LogP contribution in [-0.2, 0) is 10.0 Å². The standard InChI is InChI=1S/C31H40ClF2N3O4S/c32-22-7-9-27(10-8-22)42(40,41)37-28(21-15-23(33)17-24(34)16-21)5-4-6-29(37)31(11-12-31)30(39)36-19-25(18-26(36)20-38)35-13-2-1-3-14-35/h7-10,15-17,25-26,28-30,38-39H,1-6,11-14,18-20H2/t25-,26+,28-,29+,30?/m0/s1. The second-order valence-corrected chi connectivity index (χ2v) is 14.9. The molecular formula is C31H40ClF2N3O4S. The zero-order chi connectivity index (χ0) is 29.6. The second kappa shape index (κ2) is 12.0. The fraction of sp³-hybridized carbons (Fsp3) is 0.613. The van der Waals surface area contributed by atoms with Gasteiger partial charge in [0.2, 0.25) is 10.0 Å². The highest BCUT2D eigenvalue weighted by atomic mass is 35.5. The van der Waals surface area contributed by atoms with E-state index in [-0.39, 0.29) is 29.1 Å². The van der Waals surface area contributed by atoms with Crippen molar-refractivity contribution in [1.29, 1.82) is 0 Å². The van der Waals surface area contributed by atoms with Crippen molar-refractivity contribution in [2.75, 3.05) is 26.2 Å². The van der Waals surface area contributed by atoms with E-state index in [0.717, 1.165) is 38.4 Å². The first-order valence-corrected chi connectivity index (χ1v) is 17.0. The minimum absolute atomic E-state index is 0.0468. The van der Waals surface area contributed by atoms with Gasteiger partial charge in [-0.3, -0.25) is 9.80 Å². The molecule has 2 aromatic rings. The summed E-state index contributed by atoms with van der Waals surface area (Å²) in [6.07, 6.45) is 6.13. The first-order valence-electron chi connectivity index (χ1n) is 15.2. The Kier molecular flexibility index (Phi) is 8.70. The van der Waals surface area contributed by atoms with Crippen LogP contribution >= 0.6 is 11.6 Å². The van der Waals surface area contributed by atoms with Crippen LogP contribution in [0.15, 0.2) is 47.4 Å². The third-order valence-electron chi connectivity index (χ3n) is 10.1. The lowest BCUT2D eigenvalue weighted by molar-refractivity contribution is -0.0950. The van der Waals surface area contributed by atoms with Crippen molar-refractivity contribution in [2.45, 2.75) is 93.1 Å². The number of halogens is 3. The number of aliphatic hydroxyl groups is 2. The van der Waals surface area contributed by atoms with E-state index < -0.39 is 45.4 Å². The predicted molar refractivity (Wildman–Crippen MR) is 156 cm³/mol. The predicted octanol–water partition coefficient (Wildman–Crippen LogP) is 4.92. The molecule has 0 amide bonds. The van der Waals surface area contributed by atoms with Gasteiger partial charge < -0.3 is 10.2 Å². The summed E-state index contributed by atoms with van der Waals surface area (Å²) in [5, 5.41) is 22.8. The summed E-state index contributed by atoms with van der Waals surface area (Å²) >= 11 is 6.07. The summed E-state index contributed by atoms with van der Waals surface area (Å²) in [5.41, 5.74) is -0.492. The Morgan fingerprint density at radius 2 is 1.64 bits per heavy atom. The fourth-order valence-electron chi connectivity index (χ4n) is 7.84. The van der Waals surface area contributed by atoms with Crippen LogP contribution in [0.5, 0.6) is 0 Å². The summed E-state index contributed by atoms with van der Waals surface area (Å²) in [4.78, 5) is 4.50. The number of piperidine rings is 2. The van der Waals surface area contributed by atoms with Crippen LogP contribution in [0.3, 0.4) is 0 Å². The van der Waals surface area contributed by atoms with Gasteiger partial charge in [-0.1, -0.05) is 18.0 Å². The van der Waals surface area contributed by atoms with Crippen LogP contribution in [0.4, 0.5) is 8.78 Å². The summed E-state index contributed by atoms with van der Waals surface area (Å²) in [6.45, 7) is 2.56. The number of rotatable bonds is 8. The first kappa shape index (κ1) is 30.4. The average molecular weight is 624 g/mol. The number of likely N-dealkylation sites (tertiary alicyclic amines) is 2. The van der Waals surface area contributed by atoms with E-state index in [2.05, 4.69) is 4.90 Å². The highest BCUT2D eigenvalue weighted by molar-refractivity contribution is 7.89. The molecule has 3 heterocycles. The molecule has 2 aromatic carbocycles. The molecule has 0 radical (unpaired) electrons. The summed E-state index contributed by atoms with van der Waals surface area (Å²) in [5.74, 6) is -1.52. The van der Waals surface area contributed by atoms with Gasteiger partial charge in [0.05, 0.1) is 17.5 Å². The van der Waals surface area contributed by atoms with Gasteiger partial charge >= 0.3 is 0 Å². The molecule has 4 aliphatic rings. The van der Waals surface area contributed by atoms with E-state index >= 15 is 0 Å². The maximum atomic E-state index is 14.4. The van der Waals surface area contributed by atoms with E-state index in [1.54, 1.807) is 0 Å². The van der Waals surface area contributed by atoms with Crippen LogP contribution in [0.1, 0.15) is 69.4 Å². The Hall–Kier alpha value is -1.66. The lowest BCUT2D eigenvalue weighted by Gasteiger charge is -2.48. The lowest BCUT2D eigenvalue weighted by Crippen LogP contribution is -2.57. The van der Waals surface area contributed by atoms with Crippen LogP contribution in [-0.4, -0.2) is 83.3 Å². The van der Waals surface area contributed by atoms with Crippen LogP contribution in [0.2, 0.25) is 5.02 Å². The molecule has 1 aliphatic carbocycles. The van der Waals surface area contributed by atoms with Gasteiger partial charge in [0.25, 0.3) is 0 Å². The lowest BCUT2D eigenvalue weighted by atomic mass is 9.83. The molecule has 7 nitrogen and oxygen atoms in total. The van der Waals surface area contributed by atoms with Crippen LogP contribution in [0.25, 0.3) is 0 Å². The molecule has 0 aromatic heterocycles. The molecule has 3 aliphatic heterocycles. The summed E-state index contributed by atoms with van der Waals surface area (Å²) in [6, 6.07) is 7.77. The topological polar surface area (TPSA) is 84.3 Å². The summed E-state index contributed by atoms with van der Waals surface area (Å²) in [7, 11) is -4.16. The highest BCUT2D eigenvalue weighted by Crippen LogP contribution is 2.59. The monoisotopic (exact) mass is 623 g/mol. The summed E-state index contributed by atoms with van der Waals surface area (Å²) < 4.78 is 59.1. The Morgan fingerprint density at radius 3 is 2.26 bits per heavy atom.